The van der Waals surface area contributed by atoms with E-state index in [9.17, 15) is 4.79 Å². The number of carboxylic acids is 1. The van der Waals surface area contributed by atoms with Crippen LogP contribution in [0, 0.1) is 0 Å². The van der Waals surface area contributed by atoms with Crippen molar-refractivity contribution in [3.8, 4) is 0 Å². The zero-order valence-corrected chi connectivity index (χ0v) is 13.4. The molecule has 0 saturated carbocycles. The fourth-order valence-electron chi connectivity index (χ4n) is 2.46. The van der Waals surface area contributed by atoms with E-state index in [1.54, 1.807) is 0 Å². The van der Waals surface area contributed by atoms with Crippen LogP contribution < -0.4 is 9.80 Å². The van der Waals surface area contributed by atoms with Crippen LogP contribution in [-0.2, 0) is 0 Å². The van der Waals surface area contributed by atoms with E-state index in [1.165, 1.54) is 18.1 Å². The summed E-state index contributed by atoms with van der Waals surface area (Å²) in [5.41, 5.74) is 1.16. The van der Waals surface area contributed by atoms with Gasteiger partial charge in [0, 0.05) is 36.3 Å². The highest BCUT2D eigenvalue weighted by Crippen LogP contribution is 2.22. The van der Waals surface area contributed by atoms with Gasteiger partial charge in [-0.3, -0.25) is 0 Å². The maximum atomic E-state index is 10.8. The molecule has 0 amide bonds. The van der Waals surface area contributed by atoms with Crippen LogP contribution in [0.5, 0.6) is 0 Å². The van der Waals surface area contributed by atoms with Crippen LogP contribution in [0.15, 0.2) is 41.1 Å². The quantitative estimate of drug-likeness (QED) is 0.902. The van der Waals surface area contributed by atoms with Crippen molar-refractivity contribution < 1.29 is 9.90 Å². The van der Waals surface area contributed by atoms with Gasteiger partial charge in [0.25, 0.3) is 0 Å². The minimum atomic E-state index is -1.06. The lowest BCUT2D eigenvalue weighted by Gasteiger charge is -2.36. The van der Waals surface area contributed by atoms with Crippen LogP contribution in [0.25, 0.3) is 0 Å². The highest BCUT2D eigenvalue weighted by atomic mass is 79.9. The van der Waals surface area contributed by atoms with Crippen molar-refractivity contribution in [2.24, 2.45) is 0 Å². The predicted octanol–water partition coefficient (Wildman–Crippen LogP) is 2.26. The number of benzene rings is 1. The van der Waals surface area contributed by atoms with Gasteiger partial charge < -0.3 is 14.9 Å². The van der Waals surface area contributed by atoms with E-state index in [1.807, 2.05) is 12.1 Å². The molecular formula is C15H15BrN4O2. The Kier molecular flexibility index (Phi) is 4.24. The van der Waals surface area contributed by atoms with Gasteiger partial charge in [0.2, 0.25) is 0 Å². The number of carbonyl (C=O) groups is 1. The van der Waals surface area contributed by atoms with E-state index in [0.717, 1.165) is 36.5 Å². The minimum Gasteiger partial charge on any atom is -0.476 e. The Morgan fingerprint density at radius 2 is 1.82 bits per heavy atom. The summed E-state index contributed by atoms with van der Waals surface area (Å²) in [7, 11) is 0. The number of carboxylic acid groups (broad SMARTS) is 1. The topological polar surface area (TPSA) is 69.6 Å². The van der Waals surface area contributed by atoms with Gasteiger partial charge in [-0.25, -0.2) is 14.8 Å². The fourth-order valence-corrected chi connectivity index (χ4v) is 2.85. The summed E-state index contributed by atoms with van der Waals surface area (Å²) in [6.45, 7) is 3.43. The van der Waals surface area contributed by atoms with Crippen molar-refractivity contribution in [1.29, 1.82) is 0 Å². The average Bonchev–Trinajstić information content (AvgIpc) is 2.55. The van der Waals surface area contributed by atoms with Crippen molar-refractivity contribution in [2.75, 3.05) is 36.0 Å². The van der Waals surface area contributed by atoms with Crippen LogP contribution in [0.2, 0.25) is 0 Å². The summed E-state index contributed by atoms with van der Waals surface area (Å²) in [5.74, 6) is -0.336. The molecule has 0 spiro atoms. The summed E-state index contributed by atoms with van der Waals surface area (Å²) in [6, 6.07) is 8.25. The Morgan fingerprint density at radius 3 is 2.41 bits per heavy atom. The van der Waals surface area contributed by atoms with Crippen molar-refractivity contribution in [3.63, 3.8) is 0 Å². The molecule has 2 heterocycles. The SMILES string of the molecule is O=C(O)c1cnc(N2CCN(c3cccc(Br)c3)CC2)cn1. The molecule has 3 rings (SSSR count). The average molecular weight is 363 g/mol. The molecule has 1 N–H and O–H groups in total. The van der Waals surface area contributed by atoms with Gasteiger partial charge in [-0.05, 0) is 18.2 Å². The zero-order valence-electron chi connectivity index (χ0n) is 11.8. The van der Waals surface area contributed by atoms with Crippen LogP contribution >= 0.6 is 15.9 Å². The first-order chi connectivity index (χ1) is 10.6. The molecule has 7 heteroatoms. The molecule has 1 aromatic carbocycles. The molecule has 0 aliphatic carbocycles. The molecule has 1 aliphatic heterocycles. The van der Waals surface area contributed by atoms with Crippen molar-refractivity contribution >= 4 is 33.4 Å². The van der Waals surface area contributed by atoms with E-state index < -0.39 is 5.97 Å². The molecule has 114 valence electrons. The molecule has 0 radical (unpaired) electrons. The standard InChI is InChI=1S/C15H15BrN4O2/c16-11-2-1-3-12(8-11)19-4-6-20(7-5-19)14-10-17-13(9-18-14)15(21)22/h1-3,8-10H,4-7H2,(H,21,22). The molecule has 22 heavy (non-hydrogen) atoms. The summed E-state index contributed by atoms with van der Waals surface area (Å²) >= 11 is 3.49. The fraction of sp³-hybridized carbons (Fsp3) is 0.267. The van der Waals surface area contributed by atoms with E-state index >= 15 is 0 Å². The molecule has 0 unspecified atom stereocenters. The number of aromatic carboxylic acids is 1. The van der Waals surface area contributed by atoms with Crippen molar-refractivity contribution in [2.45, 2.75) is 0 Å². The third-order valence-electron chi connectivity index (χ3n) is 3.63. The number of piperazine rings is 1. The first-order valence-corrected chi connectivity index (χ1v) is 7.73. The first kappa shape index (κ1) is 14.8. The Morgan fingerprint density at radius 1 is 1.09 bits per heavy atom. The molecule has 1 fully saturated rings. The zero-order chi connectivity index (χ0) is 15.5. The maximum Gasteiger partial charge on any atom is 0.356 e. The van der Waals surface area contributed by atoms with Gasteiger partial charge in [-0.1, -0.05) is 22.0 Å². The van der Waals surface area contributed by atoms with Crippen LogP contribution in [0.3, 0.4) is 0 Å². The number of nitrogens with zero attached hydrogens (tertiary/aromatic N) is 4. The van der Waals surface area contributed by atoms with E-state index in [-0.39, 0.29) is 5.69 Å². The van der Waals surface area contributed by atoms with Crippen molar-refractivity contribution in [1.82, 2.24) is 9.97 Å². The third kappa shape index (κ3) is 3.19. The number of rotatable bonds is 3. The molecule has 6 nitrogen and oxygen atoms in total. The lowest BCUT2D eigenvalue weighted by Crippen LogP contribution is -2.46. The summed E-state index contributed by atoms with van der Waals surface area (Å²) in [4.78, 5) is 23.3. The molecule has 2 aromatic rings. The Balaban J connectivity index is 1.65. The van der Waals surface area contributed by atoms with Gasteiger partial charge in [0.15, 0.2) is 5.69 Å². The third-order valence-corrected chi connectivity index (χ3v) is 4.13. The number of halogens is 1. The second kappa shape index (κ2) is 6.31. The highest BCUT2D eigenvalue weighted by molar-refractivity contribution is 9.10. The van der Waals surface area contributed by atoms with E-state index in [2.05, 4.69) is 47.8 Å². The Labute approximate surface area is 136 Å². The van der Waals surface area contributed by atoms with Gasteiger partial charge in [-0.15, -0.1) is 0 Å². The van der Waals surface area contributed by atoms with Crippen LogP contribution in [0.4, 0.5) is 11.5 Å². The minimum absolute atomic E-state index is 0.0310. The molecular weight excluding hydrogens is 348 g/mol. The molecule has 1 aliphatic rings. The largest absolute Gasteiger partial charge is 0.476 e. The van der Waals surface area contributed by atoms with Gasteiger partial charge >= 0.3 is 5.97 Å². The monoisotopic (exact) mass is 362 g/mol. The van der Waals surface area contributed by atoms with E-state index in [4.69, 9.17) is 5.11 Å². The summed E-state index contributed by atoms with van der Waals surface area (Å²) in [6.07, 6.45) is 2.83. The Hall–Kier alpha value is -2.15. The Bertz CT molecular complexity index is 669. The normalized spacial score (nSPS) is 15.0. The van der Waals surface area contributed by atoms with Crippen LogP contribution in [0.1, 0.15) is 10.5 Å². The maximum absolute atomic E-state index is 10.8. The van der Waals surface area contributed by atoms with Crippen LogP contribution in [-0.4, -0.2) is 47.2 Å². The first-order valence-electron chi connectivity index (χ1n) is 6.94. The van der Waals surface area contributed by atoms with Gasteiger partial charge in [0.05, 0.1) is 12.4 Å². The second-order valence-electron chi connectivity index (χ2n) is 5.02. The lowest BCUT2D eigenvalue weighted by atomic mass is 10.2. The predicted molar refractivity (Wildman–Crippen MR) is 87.6 cm³/mol. The molecule has 1 saturated heterocycles. The van der Waals surface area contributed by atoms with Gasteiger partial charge in [0.1, 0.15) is 5.82 Å². The molecule has 0 atom stereocenters. The molecule has 0 bridgehead atoms. The summed E-state index contributed by atoms with van der Waals surface area (Å²) in [5, 5.41) is 8.84. The number of hydrogen-bond donors (Lipinski definition) is 1. The number of hydrogen-bond acceptors (Lipinski definition) is 5. The smallest absolute Gasteiger partial charge is 0.356 e. The summed E-state index contributed by atoms with van der Waals surface area (Å²) < 4.78 is 1.07. The van der Waals surface area contributed by atoms with E-state index in [0.29, 0.717) is 0 Å². The van der Waals surface area contributed by atoms with Crippen molar-refractivity contribution in [3.05, 3.63) is 46.8 Å². The molecule has 1 aromatic heterocycles. The van der Waals surface area contributed by atoms with Gasteiger partial charge in [-0.2, -0.15) is 0 Å². The lowest BCUT2D eigenvalue weighted by molar-refractivity contribution is 0.0690. The second-order valence-corrected chi connectivity index (χ2v) is 5.93. The number of anilines is 2. The highest BCUT2D eigenvalue weighted by Gasteiger charge is 2.19. The number of aromatic nitrogens is 2.